The fourth-order valence-electron chi connectivity index (χ4n) is 2.36. The first kappa shape index (κ1) is 17.5. The molecule has 1 saturated carbocycles. The standard InChI is InChI=1S/C16H21ClN2O4/c1-10(20)13-11(17)5-8-19(13)18-14(22)16(6-7-16)9-12(21)23-15(2,3)4/h5,8H,6-7,9H2,1-4H3,(H,18,22). The number of ketones is 1. The fourth-order valence-corrected chi connectivity index (χ4v) is 2.64. The van der Waals surface area contributed by atoms with E-state index in [1.807, 2.05) is 0 Å². The van der Waals surface area contributed by atoms with Gasteiger partial charge in [0.1, 0.15) is 11.3 Å². The number of amides is 1. The summed E-state index contributed by atoms with van der Waals surface area (Å²) in [7, 11) is 0. The molecule has 0 bridgehead atoms. The molecule has 7 heteroatoms. The molecule has 23 heavy (non-hydrogen) atoms. The van der Waals surface area contributed by atoms with Gasteiger partial charge in [-0.2, -0.15) is 0 Å². The topological polar surface area (TPSA) is 77.4 Å². The van der Waals surface area contributed by atoms with Crippen LogP contribution in [0.2, 0.25) is 5.02 Å². The molecule has 1 N–H and O–H groups in total. The molecule has 0 atom stereocenters. The van der Waals surface area contributed by atoms with Crippen molar-refractivity contribution in [2.24, 2.45) is 5.41 Å². The van der Waals surface area contributed by atoms with E-state index in [9.17, 15) is 14.4 Å². The van der Waals surface area contributed by atoms with Crippen LogP contribution >= 0.6 is 11.6 Å². The first-order chi connectivity index (χ1) is 10.5. The average molecular weight is 341 g/mol. The predicted octanol–water partition coefficient (Wildman–Crippen LogP) is 2.93. The molecule has 0 aromatic carbocycles. The number of hydrogen-bond acceptors (Lipinski definition) is 4. The summed E-state index contributed by atoms with van der Waals surface area (Å²) in [6.45, 7) is 6.72. The van der Waals surface area contributed by atoms with Gasteiger partial charge in [-0.05, 0) is 39.7 Å². The van der Waals surface area contributed by atoms with Gasteiger partial charge in [0.25, 0.3) is 0 Å². The first-order valence-electron chi connectivity index (χ1n) is 7.45. The lowest BCUT2D eigenvalue weighted by Gasteiger charge is -2.22. The van der Waals surface area contributed by atoms with Crippen LogP contribution < -0.4 is 5.43 Å². The summed E-state index contributed by atoms with van der Waals surface area (Å²) >= 11 is 5.94. The van der Waals surface area contributed by atoms with Gasteiger partial charge >= 0.3 is 5.97 Å². The monoisotopic (exact) mass is 340 g/mol. The van der Waals surface area contributed by atoms with E-state index < -0.39 is 17.0 Å². The Morgan fingerprint density at radius 1 is 1.35 bits per heavy atom. The fraction of sp³-hybridized carbons (Fsp3) is 0.562. The van der Waals surface area contributed by atoms with Gasteiger partial charge in [0.2, 0.25) is 5.91 Å². The van der Waals surface area contributed by atoms with Crippen LogP contribution in [-0.2, 0) is 14.3 Å². The van der Waals surface area contributed by atoms with E-state index in [4.69, 9.17) is 16.3 Å². The summed E-state index contributed by atoms with van der Waals surface area (Å²) in [5, 5.41) is 0.273. The molecule has 0 saturated heterocycles. The van der Waals surface area contributed by atoms with Gasteiger partial charge in [-0.25, -0.2) is 0 Å². The van der Waals surface area contributed by atoms with Gasteiger partial charge in [0.15, 0.2) is 5.78 Å². The summed E-state index contributed by atoms with van der Waals surface area (Å²) in [6, 6.07) is 1.53. The van der Waals surface area contributed by atoms with Crippen LogP contribution in [0.15, 0.2) is 12.3 Å². The van der Waals surface area contributed by atoms with E-state index in [1.165, 1.54) is 23.9 Å². The van der Waals surface area contributed by atoms with Crippen LogP contribution in [-0.4, -0.2) is 27.9 Å². The van der Waals surface area contributed by atoms with Crippen molar-refractivity contribution in [3.05, 3.63) is 23.0 Å². The zero-order valence-electron chi connectivity index (χ0n) is 13.7. The molecule has 1 heterocycles. The molecule has 1 aliphatic rings. The summed E-state index contributed by atoms with van der Waals surface area (Å²) < 4.78 is 6.59. The number of aromatic nitrogens is 1. The van der Waals surface area contributed by atoms with E-state index in [-0.39, 0.29) is 28.8 Å². The Morgan fingerprint density at radius 3 is 2.43 bits per heavy atom. The van der Waals surface area contributed by atoms with E-state index >= 15 is 0 Å². The van der Waals surface area contributed by atoms with Gasteiger partial charge < -0.3 is 4.74 Å². The highest BCUT2D eigenvalue weighted by atomic mass is 35.5. The maximum Gasteiger partial charge on any atom is 0.307 e. The van der Waals surface area contributed by atoms with Crippen molar-refractivity contribution in [1.29, 1.82) is 0 Å². The predicted molar refractivity (Wildman–Crippen MR) is 85.9 cm³/mol. The Kier molecular flexibility index (Phi) is 4.57. The molecule has 2 rings (SSSR count). The van der Waals surface area contributed by atoms with E-state index in [2.05, 4.69) is 5.43 Å². The molecular formula is C16H21ClN2O4. The van der Waals surface area contributed by atoms with Crippen LogP contribution in [0.1, 0.15) is 57.4 Å². The van der Waals surface area contributed by atoms with Crippen molar-refractivity contribution in [3.8, 4) is 0 Å². The van der Waals surface area contributed by atoms with Crippen LogP contribution in [0.4, 0.5) is 0 Å². The molecule has 1 aromatic heterocycles. The number of hydrogen-bond donors (Lipinski definition) is 1. The first-order valence-corrected chi connectivity index (χ1v) is 7.83. The third-order valence-electron chi connectivity index (χ3n) is 3.63. The van der Waals surface area contributed by atoms with Gasteiger partial charge in [-0.1, -0.05) is 11.6 Å². The Labute approximate surface area is 140 Å². The number of carbonyl (C=O) groups excluding carboxylic acids is 3. The number of halogens is 1. The number of esters is 1. The zero-order chi connectivity index (χ0) is 17.4. The van der Waals surface area contributed by atoms with Crippen molar-refractivity contribution in [2.45, 2.75) is 52.6 Å². The summed E-state index contributed by atoms with van der Waals surface area (Å²) in [5.74, 6) is -0.960. The largest absolute Gasteiger partial charge is 0.460 e. The molecular weight excluding hydrogens is 320 g/mol. The van der Waals surface area contributed by atoms with Crippen molar-refractivity contribution in [2.75, 3.05) is 5.43 Å². The Bertz CT molecular complexity index is 654. The van der Waals surface area contributed by atoms with Gasteiger partial charge in [0.05, 0.1) is 16.9 Å². The average Bonchev–Trinajstić information content (AvgIpc) is 3.05. The lowest BCUT2D eigenvalue weighted by molar-refractivity contribution is -0.157. The molecule has 0 spiro atoms. The second kappa shape index (κ2) is 6.00. The van der Waals surface area contributed by atoms with Gasteiger partial charge in [-0.15, -0.1) is 0 Å². The van der Waals surface area contributed by atoms with Crippen LogP contribution in [0.25, 0.3) is 0 Å². The highest BCUT2D eigenvalue weighted by Gasteiger charge is 2.52. The number of nitrogens with zero attached hydrogens (tertiary/aromatic N) is 1. The molecule has 1 aromatic rings. The molecule has 126 valence electrons. The minimum absolute atomic E-state index is 0.0283. The van der Waals surface area contributed by atoms with Crippen LogP contribution in [0.5, 0.6) is 0 Å². The van der Waals surface area contributed by atoms with Gasteiger partial charge in [0, 0.05) is 13.1 Å². The SMILES string of the molecule is CC(=O)c1c(Cl)ccn1NC(=O)C1(CC(=O)OC(C)(C)C)CC1. The number of nitrogens with one attached hydrogen (secondary N) is 1. The van der Waals surface area contributed by atoms with Crippen LogP contribution in [0.3, 0.4) is 0 Å². The highest BCUT2D eigenvalue weighted by molar-refractivity contribution is 6.33. The number of Topliss-reactive ketones (excluding diaryl/α,β-unsaturated/α-hetero) is 1. The molecule has 0 radical (unpaired) electrons. The molecule has 0 aliphatic heterocycles. The van der Waals surface area contributed by atoms with Crippen LogP contribution in [0, 0.1) is 5.41 Å². The maximum absolute atomic E-state index is 12.5. The smallest absolute Gasteiger partial charge is 0.307 e. The summed E-state index contributed by atoms with van der Waals surface area (Å²) in [4.78, 5) is 36.1. The number of ether oxygens (including phenoxy) is 1. The highest BCUT2D eigenvalue weighted by Crippen LogP contribution is 2.49. The zero-order valence-corrected chi connectivity index (χ0v) is 14.5. The second-order valence-electron chi connectivity index (χ2n) is 6.92. The molecule has 1 aliphatic carbocycles. The van der Waals surface area contributed by atoms with Crippen molar-refractivity contribution < 1.29 is 19.1 Å². The van der Waals surface area contributed by atoms with E-state index in [0.717, 1.165) is 0 Å². The Balaban J connectivity index is 2.06. The Hall–Kier alpha value is -1.82. The third kappa shape index (κ3) is 4.13. The lowest BCUT2D eigenvalue weighted by atomic mass is 10.0. The van der Waals surface area contributed by atoms with Crippen molar-refractivity contribution in [3.63, 3.8) is 0 Å². The summed E-state index contributed by atoms with van der Waals surface area (Å²) in [6.07, 6.45) is 2.77. The van der Waals surface area contributed by atoms with Gasteiger partial charge in [-0.3, -0.25) is 24.5 Å². The normalized spacial score (nSPS) is 15.9. The number of rotatable bonds is 5. The molecule has 0 unspecified atom stereocenters. The molecule has 1 amide bonds. The quantitative estimate of drug-likeness (QED) is 0.660. The molecule has 1 fully saturated rings. The van der Waals surface area contributed by atoms with Crippen molar-refractivity contribution >= 4 is 29.3 Å². The third-order valence-corrected chi connectivity index (χ3v) is 3.94. The second-order valence-corrected chi connectivity index (χ2v) is 7.33. The molecule has 6 nitrogen and oxygen atoms in total. The maximum atomic E-state index is 12.5. The number of carbonyl (C=O) groups is 3. The minimum atomic E-state index is -0.757. The minimum Gasteiger partial charge on any atom is -0.460 e. The lowest BCUT2D eigenvalue weighted by Crippen LogP contribution is -2.35. The summed E-state index contributed by atoms with van der Waals surface area (Å²) in [5.41, 5.74) is 1.52. The van der Waals surface area contributed by atoms with E-state index in [0.29, 0.717) is 12.8 Å². The Morgan fingerprint density at radius 2 is 1.96 bits per heavy atom. The van der Waals surface area contributed by atoms with Crippen molar-refractivity contribution in [1.82, 2.24) is 4.68 Å². The van der Waals surface area contributed by atoms with E-state index in [1.54, 1.807) is 20.8 Å².